The van der Waals surface area contributed by atoms with Crippen LogP contribution in [0.1, 0.15) is 5.56 Å². The van der Waals surface area contributed by atoms with Gasteiger partial charge in [-0.3, -0.25) is 14.6 Å². The maximum atomic E-state index is 12.5. The molecule has 3 aromatic rings. The van der Waals surface area contributed by atoms with E-state index in [1.807, 2.05) is 24.3 Å². The second-order valence-corrected chi connectivity index (χ2v) is 6.99. The zero-order valence-electron chi connectivity index (χ0n) is 14.5. The fourth-order valence-electron chi connectivity index (χ4n) is 2.94. The molecular formula is C18H19N2O6P. The second kappa shape index (κ2) is 7.94. The molecular weight excluding hydrogens is 371 g/mol. The first kappa shape index (κ1) is 19.1. The average molecular weight is 390 g/mol. The minimum atomic E-state index is -5.00. The fraction of sp³-hybridized carbons (Fsp3) is 0.167. The third-order valence-electron chi connectivity index (χ3n) is 4.06. The Balaban J connectivity index is 1.98. The van der Waals surface area contributed by atoms with Crippen molar-refractivity contribution < 1.29 is 28.5 Å². The van der Waals surface area contributed by atoms with Gasteiger partial charge < -0.3 is 9.51 Å². The molecule has 1 atom stereocenters. The molecule has 0 amide bonds. The number of anilines is 1. The first-order chi connectivity index (χ1) is 12.9. The molecule has 142 valence electrons. The Labute approximate surface area is 155 Å². The van der Waals surface area contributed by atoms with E-state index in [0.717, 1.165) is 16.5 Å². The number of H-pyrrole nitrogens is 1. The third-order valence-corrected chi connectivity index (χ3v) is 4.48. The summed E-state index contributed by atoms with van der Waals surface area (Å²) in [5.74, 6) is -1.08. The summed E-state index contributed by atoms with van der Waals surface area (Å²) in [4.78, 5) is 39.2. The van der Waals surface area contributed by atoms with E-state index in [1.165, 1.54) is 12.2 Å². The number of nitrogens with zero attached hydrogens (tertiary/aromatic N) is 1. The zero-order chi connectivity index (χ0) is 19.4. The number of rotatable bonds is 7. The van der Waals surface area contributed by atoms with E-state index in [-0.39, 0.29) is 6.42 Å². The van der Waals surface area contributed by atoms with Crippen LogP contribution in [0.4, 0.5) is 5.69 Å². The molecule has 2 aromatic carbocycles. The monoisotopic (exact) mass is 390 g/mol. The summed E-state index contributed by atoms with van der Waals surface area (Å²) in [7, 11) is -3.62. The number of phosphoric acid groups is 1. The van der Waals surface area contributed by atoms with Crippen LogP contribution < -0.4 is 5.06 Å². The quantitative estimate of drug-likeness (QED) is 0.420. The second-order valence-electron chi connectivity index (χ2n) is 5.82. The molecule has 27 heavy (non-hydrogen) atoms. The largest absolute Gasteiger partial charge is 0.527 e. The highest BCUT2D eigenvalue weighted by atomic mass is 31.2. The van der Waals surface area contributed by atoms with Crippen LogP contribution in [0.15, 0.2) is 60.8 Å². The lowest BCUT2D eigenvalue weighted by Gasteiger charge is -2.29. The Morgan fingerprint density at radius 3 is 2.48 bits per heavy atom. The lowest BCUT2D eigenvalue weighted by atomic mass is 10.0. The minimum Gasteiger partial charge on any atom is -0.369 e. The number of aromatic amines is 1. The average Bonchev–Trinajstić information content (AvgIpc) is 3.04. The van der Waals surface area contributed by atoms with Gasteiger partial charge in [-0.15, -0.1) is 0 Å². The molecule has 0 aliphatic carbocycles. The highest BCUT2D eigenvalue weighted by Crippen LogP contribution is 2.37. The van der Waals surface area contributed by atoms with Gasteiger partial charge in [0.25, 0.3) is 0 Å². The molecule has 3 rings (SSSR count). The van der Waals surface area contributed by atoms with Crippen LogP contribution in [0.5, 0.6) is 0 Å². The number of carbonyl (C=O) groups excluding carboxylic acids is 1. The van der Waals surface area contributed by atoms with Crippen molar-refractivity contribution in [2.24, 2.45) is 0 Å². The maximum Gasteiger partial charge on any atom is 0.527 e. The summed E-state index contributed by atoms with van der Waals surface area (Å²) in [6.07, 6.45) is 1.87. The van der Waals surface area contributed by atoms with Gasteiger partial charge in [0, 0.05) is 23.5 Å². The number of nitrogens with one attached hydrogen (secondary N) is 1. The topological polar surface area (TPSA) is 112 Å². The highest BCUT2D eigenvalue weighted by molar-refractivity contribution is 7.46. The number of hydrogen-bond acceptors (Lipinski definition) is 5. The Morgan fingerprint density at radius 2 is 1.81 bits per heavy atom. The fourth-order valence-corrected chi connectivity index (χ4v) is 3.29. The van der Waals surface area contributed by atoms with E-state index in [1.54, 1.807) is 36.5 Å². The number of hydroxylamine groups is 1. The summed E-state index contributed by atoms with van der Waals surface area (Å²) in [5.41, 5.74) is 2.22. The summed E-state index contributed by atoms with van der Waals surface area (Å²) < 4.78 is 15.6. The first-order valence-electron chi connectivity index (χ1n) is 8.11. The first-order valence-corrected chi connectivity index (χ1v) is 9.64. The molecule has 8 nitrogen and oxygen atoms in total. The van der Waals surface area contributed by atoms with Crippen LogP contribution in [0.25, 0.3) is 10.9 Å². The van der Waals surface area contributed by atoms with Crippen molar-refractivity contribution in [2.45, 2.75) is 12.5 Å². The van der Waals surface area contributed by atoms with Gasteiger partial charge >= 0.3 is 13.8 Å². The van der Waals surface area contributed by atoms with Crippen molar-refractivity contribution in [1.82, 2.24) is 4.98 Å². The van der Waals surface area contributed by atoms with Crippen LogP contribution in [0, 0.1) is 0 Å². The van der Waals surface area contributed by atoms with Crippen molar-refractivity contribution in [3.05, 3.63) is 66.4 Å². The number of para-hydroxylation sites is 2. The molecule has 0 bridgehead atoms. The van der Waals surface area contributed by atoms with Gasteiger partial charge in [0.05, 0.1) is 12.8 Å². The molecule has 0 aliphatic rings. The van der Waals surface area contributed by atoms with Crippen molar-refractivity contribution in [3.63, 3.8) is 0 Å². The molecule has 0 fully saturated rings. The lowest BCUT2D eigenvalue weighted by molar-refractivity contribution is -0.139. The molecule has 0 radical (unpaired) electrons. The SMILES string of the molecule is CON(c1ccccc1)[C@@H](Cc1c[nH]c2ccccc12)C(=O)OP(=O)(O)O. The molecule has 1 heterocycles. The van der Waals surface area contributed by atoms with Crippen LogP contribution >= 0.6 is 7.82 Å². The Kier molecular flexibility index (Phi) is 5.62. The van der Waals surface area contributed by atoms with Gasteiger partial charge in [0.15, 0.2) is 6.04 Å². The van der Waals surface area contributed by atoms with E-state index in [2.05, 4.69) is 9.51 Å². The molecule has 9 heteroatoms. The maximum absolute atomic E-state index is 12.5. The van der Waals surface area contributed by atoms with Crippen molar-refractivity contribution in [1.29, 1.82) is 0 Å². The van der Waals surface area contributed by atoms with Gasteiger partial charge in [-0.25, -0.2) is 14.4 Å². The van der Waals surface area contributed by atoms with Gasteiger partial charge in [0.2, 0.25) is 0 Å². The number of hydrogen-bond donors (Lipinski definition) is 3. The smallest absolute Gasteiger partial charge is 0.369 e. The van der Waals surface area contributed by atoms with Crippen molar-refractivity contribution in [2.75, 3.05) is 12.2 Å². The predicted octanol–water partition coefficient (Wildman–Crippen LogP) is 2.78. The van der Waals surface area contributed by atoms with Gasteiger partial charge in [-0.2, -0.15) is 0 Å². The van der Waals surface area contributed by atoms with Crippen molar-refractivity contribution >= 4 is 30.4 Å². The van der Waals surface area contributed by atoms with E-state index in [9.17, 15) is 9.36 Å². The van der Waals surface area contributed by atoms with E-state index in [4.69, 9.17) is 14.6 Å². The number of benzene rings is 2. The van der Waals surface area contributed by atoms with Crippen LogP contribution in [0.2, 0.25) is 0 Å². The van der Waals surface area contributed by atoms with Gasteiger partial charge in [0.1, 0.15) is 0 Å². The molecule has 0 saturated carbocycles. The number of carbonyl (C=O) groups is 1. The van der Waals surface area contributed by atoms with Gasteiger partial charge in [-0.1, -0.05) is 36.4 Å². The van der Waals surface area contributed by atoms with Crippen LogP contribution in [-0.4, -0.2) is 33.9 Å². The van der Waals surface area contributed by atoms with Crippen molar-refractivity contribution in [3.8, 4) is 0 Å². The number of fused-ring (bicyclic) bond motifs is 1. The molecule has 1 aromatic heterocycles. The molecule has 0 unspecified atom stereocenters. The van der Waals surface area contributed by atoms with Crippen LogP contribution in [0.3, 0.4) is 0 Å². The summed E-state index contributed by atoms with van der Waals surface area (Å²) >= 11 is 0. The molecule has 3 N–H and O–H groups in total. The summed E-state index contributed by atoms with van der Waals surface area (Å²) in [6.45, 7) is 0. The number of aromatic nitrogens is 1. The van der Waals surface area contributed by atoms with E-state index in [0.29, 0.717) is 5.69 Å². The standard InChI is InChI=1S/C18H19N2O6P/c1-25-20(14-7-3-2-4-8-14)17(18(21)26-27(22,23)24)11-13-12-19-16-10-6-5-9-15(13)16/h2-10,12,17,19H,11H2,1H3,(H2,22,23,24)/t17-/m0/s1. The highest BCUT2D eigenvalue weighted by Gasteiger charge is 2.34. The van der Waals surface area contributed by atoms with Gasteiger partial charge in [-0.05, 0) is 23.8 Å². The third kappa shape index (κ3) is 4.56. The molecule has 0 aliphatic heterocycles. The van der Waals surface area contributed by atoms with Crippen LogP contribution in [-0.2, 0) is 25.1 Å². The Morgan fingerprint density at radius 1 is 1.15 bits per heavy atom. The molecule has 0 spiro atoms. The zero-order valence-corrected chi connectivity index (χ0v) is 15.4. The van der Waals surface area contributed by atoms with E-state index >= 15 is 0 Å². The predicted molar refractivity (Wildman–Crippen MR) is 99.9 cm³/mol. The Hall–Kier alpha value is -2.64. The lowest BCUT2D eigenvalue weighted by Crippen LogP contribution is -2.43. The number of phosphoric ester groups is 1. The normalized spacial score (nSPS) is 12.7. The summed E-state index contributed by atoms with van der Waals surface area (Å²) in [6, 6.07) is 15.2. The molecule has 0 saturated heterocycles. The minimum absolute atomic E-state index is 0.117. The van der Waals surface area contributed by atoms with E-state index < -0.39 is 19.8 Å². The summed E-state index contributed by atoms with van der Waals surface area (Å²) in [5, 5.41) is 2.18. The Bertz CT molecular complexity index is 968.